The van der Waals surface area contributed by atoms with Crippen LogP contribution < -0.4 is 36.3 Å². The van der Waals surface area contributed by atoms with Gasteiger partial charge in [0.1, 0.15) is 0 Å². The molecule has 0 fully saturated rings. The van der Waals surface area contributed by atoms with Crippen LogP contribution in [-0.4, -0.2) is 13.1 Å². The molecular formula is C2H8Cl2CoN2. The van der Waals surface area contributed by atoms with Crippen molar-refractivity contribution >= 4 is 0 Å². The monoisotopic (exact) mass is 189 g/mol. The normalized spacial score (nSPS) is 4.29. The van der Waals surface area contributed by atoms with Crippen molar-refractivity contribution < 1.29 is 41.6 Å². The van der Waals surface area contributed by atoms with Crippen LogP contribution in [-0.2, 0) is 16.8 Å². The standard InChI is InChI=1S/C2H8N2.2ClH.Co/c3-1-2-4;;;/h1-4H2;2*1H;/q;;;+2/p-2. The molecule has 0 aromatic heterocycles. The van der Waals surface area contributed by atoms with E-state index in [9.17, 15) is 0 Å². The molecule has 0 aromatic rings. The van der Waals surface area contributed by atoms with Gasteiger partial charge in [0.2, 0.25) is 0 Å². The second kappa shape index (κ2) is 28.0. The van der Waals surface area contributed by atoms with E-state index in [0.717, 1.165) is 0 Å². The number of rotatable bonds is 1. The minimum Gasteiger partial charge on any atom is -1.00 e. The van der Waals surface area contributed by atoms with Crippen molar-refractivity contribution in [3.63, 3.8) is 0 Å². The molecule has 4 N–H and O–H groups in total. The van der Waals surface area contributed by atoms with Gasteiger partial charge >= 0.3 is 16.8 Å². The maximum Gasteiger partial charge on any atom is 2.00 e. The Morgan fingerprint density at radius 2 is 1.00 bits per heavy atom. The molecule has 0 aliphatic heterocycles. The zero-order valence-electron chi connectivity index (χ0n) is 3.66. The summed E-state index contributed by atoms with van der Waals surface area (Å²) in [5, 5.41) is 0. The fourth-order valence-electron chi connectivity index (χ4n) is 0. The van der Waals surface area contributed by atoms with E-state index in [1.54, 1.807) is 0 Å². The summed E-state index contributed by atoms with van der Waals surface area (Å²) < 4.78 is 0. The molecule has 0 bridgehead atoms. The van der Waals surface area contributed by atoms with Crippen LogP contribution in [0, 0.1) is 0 Å². The van der Waals surface area contributed by atoms with Crippen LogP contribution in [0.1, 0.15) is 0 Å². The van der Waals surface area contributed by atoms with E-state index >= 15 is 0 Å². The van der Waals surface area contributed by atoms with E-state index in [1.807, 2.05) is 0 Å². The number of halogens is 2. The summed E-state index contributed by atoms with van der Waals surface area (Å²) in [5.74, 6) is 0. The molecule has 7 heavy (non-hydrogen) atoms. The van der Waals surface area contributed by atoms with Crippen LogP contribution in [0.3, 0.4) is 0 Å². The molecule has 0 spiro atoms. The van der Waals surface area contributed by atoms with Crippen molar-refractivity contribution in [2.24, 2.45) is 11.5 Å². The first-order valence-corrected chi connectivity index (χ1v) is 1.32. The van der Waals surface area contributed by atoms with Gasteiger partial charge in [-0.1, -0.05) is 0 Å². The molecule has 0 amide bonds. The third-order valence-corrected chi connectivity index (χ3v) is 0.167. The summed E-state index contributed by atoms with van der Waals surface area (Å²) in [7, 11) is 0. The van der Waals surface area contributed by atoms with Gasteiger partial charge in [-0.25, -0.2) is 0 Å². The van der Waals surface area contributed by atoms with Crippen LogP contribution in [0.15, 0.2) is 0 Å². The molecule has 0 heterocycles. The Morgan fingerprint density at radius 1 is 0.857 bits per heavy atom. The van der Waals surface area contributed by atoms with Crippen LogP contribution in [0.5, 0.6) is 0 Å². The number of hydrogen-bond donors (Lipinski definition) is 2. The third kappa shape index (κ3) is 43.6. The summed E-state index contributed by atoms with van der Waals surface area (Å²) in [4.78, 5) is 0. The van der Waals surface area contributed by atoms with E-state index < -0.39 is 0 Å². The van der Waals surface area contributed by atoms with Crippen molar-refractivity contribution in [3.05, 3.63) is 0 Å². The molecule has 49 valence electrons. The first-order chi connectivity index (χ1) is 1.91. The van der Waals surface area contributed by atoms with Gasteiger partial charge in [-0.05, 0) is 0 Å². The van der Waals surface area contributed by atoms with E-state index in [0.29, 0.717) is 13.1 Å². The molecule has 0 aliphatic carbocycles. The van der Waals surface area contributed by atoms with Crippen molar-refractivity contribution in [2.75, 3.05) is 13.1 Å². The molecular weight excluding hydrogens is 182 g/mol. The molecule has 0 atom stereocenters. The Hall–Kier alpha value is 1.01. The topological polar surface area (TPSA) is 52.0 Å². The van der Waals surface area contributed by atoms with Gasteiger partial charge in [0, 0.05) is 13.1 Å². The summed E-state index contributed by atoms with van der Waals surface area (Å²) in [6, 6.07) is 0. The fraction of sp³-hybridized carbons (Fsp3) is 1.00. The Labute approximate surface area is 66.4 Å². The van der Waals surface area contributed by atoms with Crippen LogP contribution in [0.2, 0.25) is 0 Å². The van der Waals surface area contributed by atoms with Crippen molar-refractivity contribution in [2.45, 2.75) is 0 Å². The predicted octanol–water partition coefficient (Wildman–Crippen LogP) is -7.09. The Bertz CT molecular complexity index is 15.7. The van der Waals surface area contributed by atoms with Gasteiger partial charge in [0.25, 0.3) is 0 Å². The Balaban J connectivity index is -0.0000000150. The van der Waals surface area contributed by atoms with Crippen molar-refractivity contribution in [1.29, 1.82) is 0 Å². The SMILES string of the molecule is NCCN.[Cl-].[Cl-].[Co+2]. The molecule has 0 unspecified atom stereocenters. The molecule has 0 rings (SSSR count). The van der Waals surface area contributed by atoms with E-state index in [1.165, 1.54) is 0 Å². The molecule has 0 saturated heterocycles. The first-order valence-electron chi connectivity index (χ1n) is 1.32. The molecule has 5 heteroatoms. The number of nitrogens with two attached hydrogens (primary N) is 2. The molecule has 0 aromatic carbocycles. The van der Waals surface area contributed by atoms with Crippen LogP contribution in [0.4, 0.5) is 0 Å². The summed E-state index contributed by atoms with van der Waals surface area (Å²) in [5.41, 5.74) is 9.81. The smallest absolute Gasteiger partial charge is 1.00 e. The maximum atomic E-state index is 4.90. The van der Waals surface area contributed by atoms with Gasteiger partial charge in [0.05, 0.1) is 0 Å². The number of hydrogen-bond acceptors (Lipinski definition) is 2. The zero-order chi connectivity index (χ0) is 3.41. The van der Waals surface area contributed by atoms with E-state index in [4.69, 9.17) is 11.5 Å². The van der Waals surface area contributed by atoms with Gasteiger partial charge < -0.3 is 36.3 Å². The maximum absolute atomic E-state index is 4.90. The fourth-order valence-corrected chi connectivity index (χ4v) is 0. The predicted molar refractivity (Wildman–Crippen MR) is 18.1 cm³/mol. The van der Waals surface area contributed by atoms with Gasteiger partial charge in [-0.2, -0.15) is 0 Å². The molecule has 0 aliphatic rings. The minimum atomic E-state index is 0. The van der Waals surface area contributed by atoms with E-state index in [2.05, 4.69) is 0 Å². The second-order valence-corrected chi connectivity index (χ2v) is 0.577. The van der Waals surface area contributed by atoms with Gasteiger partial charge in [-0.3, -0.25) is 0 Å². The average molecular weight is 190 g/mol. The van der Waals surface area contributed by atoms with Crippen LogP contribution >= 0.6 is 0 Å². The van der Waals surface area contributed by atoms with Crippen molar-refractivity contribution in [1.82, 2.24) is 0 Å². The largest absolute Gasteiger partial charge is 2.00 e. The molecule has 0 saturated carbocycles. The summed E-state index contributed by atoms with van der Waals surface area (Å²) in [6.07, 6.45) is 0. The van der Waals surface area contributed by atoms with Gasteiger partial charge in [-0.15, -0.1) is 0 Å². The van der Waals surface area contributed by atoms with E-state index in [-0.39, 0.29) is 41.6 Å². The Morgan fingerprint density at radius 3 is 1.00 bits per heavy atom. The second-order valence-electron chi connectivity index (χ2n) is 0.577. The zero-order valence-corrected chi connectivity index (χ0v) is 6.21. The molecule has 2 nitrogen and oxygen atoms in total. The van der Waals surface area contributed by atoms with Crippen LogP contribution in [0.25, 0.3) is 0 Å². The minimum absolute atomic E-state index is 0. The molecule has 1 radical (unpaired) electrons. The third-order valence-electron chi connectivity index (χ3n) is 0.167. The summed E-state index contributed by atoms with van der Waals surface area (Å²) in [6.45, 7) is 1.19. The van der Waals surface area contributed by atoms with Crippen molar-refractivity contribution in [3.8, 4) is 0 Å². The average Bonchev–Trinajstić information content (AvgIpc) is 1.37. The summed E-state index contributed by atoms with van der Waals surface area (Å²) >= 11 is 0. The van der Waals surface area contributed by atoms with Gasteiger partial charge in [0.15, 0.2) is 0 Å². The first kappa shape index (κ1) is 24.5. The Kier molecular flexibility index (Phi) is 97.8. The quantitative estimate of drug-likeness (QED) is 0.431.